The Balaban J connectivity index is 1.60. The number of amides is 2. The van der Waals surface area contributed by atoms with E-state index in [9.17, 15) is 9.18 Å². The van der Waals surface area contributed by atoms with Gasteiger partial charge in [-0.1, -0.05) is 23.8 Å². The zero-order chi connectivity index (χ0) is 22.0. The number of aromatic nitrogens is 1. The minimum Gasteiger partial charge on any atom is -0.308 e. The van der Waals surface area contributed by atoms with Crippen LogP contribution in [0.4, 0.5) is 20.6 Å². The third-order valence-electron chi connectivity index (χ3n) is 5.15. The fourth-order valence-electron chi connectivity index (χ4n) is 3.51. The molecule has 0 saturated heterocycles. The van der Waals surface area contributed by atoms with Gasteiger partial charge in [0.25, 0.3) is 0 Å². The van der Waals surface area contributed by atoms with Crippen molar-refractivity contribution >= 4 is 35.0 Å². The first-order valence-corrected chi connectivity index (χ1v) is 10.8. The molecule has 1 aliphatic rings. The first-order chi connectivity index (χ1) is 14.9. The molecule has 31 heavy (non-hydrogen) atoms. The van der Waals surface area contributed by atoms with E-state index in [1.54, 1.807) is 35.6 Å². The Hall–Kier alpha value is -3.32. The summed E-state index contributed by atoms with van der Waals surface area (Å²) < 4.78 is 14.5. The molecular formula is C24H23FN4OS. The third kappa shape index (κ3) is 4.72. The van der Waals surface area contributed by atoms with E-state index in [1.807, 2.05) is 45.3 Å². The molecule has 0 bridgehead atoms. The van der Waals surface area contributed by atoms with Gasteiger partial charge in [-0.3, -0.25) is 4.99 Å². The molecule has 1 atom stereocenters. The molecule has 158 valence electrons. The zero-order valence-electron chi connectivity index (χ0n) is 17.6. The van der Waals surface area contributed by atoms with E-state index in [0.29, 0.717) is 5.69 Å². The van der Waals surface area contributed by atoms with Crippen LogP contribution in [0.1, 0.15) is 35.5 Å². The summed E-state index contributed by atoms with van der Waals surface area (Å²) in [6.45, 7) is 5.98. The van der Waals surface area contributed by atoms with Gasteiger partial charge in [0.1, 0.15) is 5.82 Å². The molecule has 0 fully saturated rings. The van der Waals surface area contributed by atoms with Gasteiger partial charge in [-0.05, 0) is 62.6 Å². The van der Waals surface area contributed by atoms with Crippen LogP contribution < -0.4 is 10.6 Å². The average molecular weight is 435 g/mol. The molecule has 2 amide bonds. The van der Waals surface area contributed by atoms with E-state index in [1.165, 1.54) is 6.07 Å². The Labute approximate surface area is 184 Å². The van der Waals surface area contributed by atoms with Crippen LogP contribution in [-0.4, -0.2) is 17.2 Å². The van der Waals surface area contributed by atoms with Crippen molar-refractivity contribution in [3.8, 4) is 10.4 Å². The molecule has 2 N–H and O–H groups in total. The predicted molar refractivity (Wildman–Crippen MR) is 126 cm³/mol. The number of nitrogens with zero attached hydrogens (tertiary/aromatic N) is 2. The molecule has 2 heterocycles. The van der Waals surface area contributed by atoms with Gasteiger partial charge in [-0.2, -0.15) is 0 Å². The van der Waals surface area contributed by atoms with E-state index in [4.69, 9.17) is 4.98 Å². The molecular weight excluding hydrogens is 411 g/mol. The van der Waals surface area contributed by atoms with Gasteiger partial charge in [0.15, 0.2) is 0 Å². The maximum absolute atomic E-state index is 14.5. The van der Waals surface area contributed by atoms with Gasteiger partial charge < -0.3 is 10.6 Å². The van der Waals surface area contributed by atoms with Crippen LogP contribution in [0.2, 0.25) is 0 Å². The number of aryl methyl sites for hydroxylation is 2. The number of anilines is 2. The number of aliphatic imine (C=N–C) groups is 1. The second kappa shape index (κ2) is 8.81. The summed E-state index contributed by atoms with van der Waals surface area (Å²) in [4.78, 5) is 22.4. The highest BCUT2D eigenvalue weighted by Gasteiger charge is 2.23. The molecule has 7 heteroatoms. The molecule has 0 radical (unpaired) electrons. The molecule has 0 saturated carbocycles. The van der Waals surface area contributed by atoms with Gasteiger partial charge in [-0.25, -0.2) is 14.2 Å². The largest absolute Gasteiger partial charge is 0.323 e. The molecule has 0 aliphatic carbocycles. The van der Waals surface area contributed by atoms with Crippen LogP contribution in [-0.2, 0) is 0 Å². The predicted octanol–water partition coefficient (Wildman–Crippen LogP) is 6.67. The molecule has 4 rings (SSSR count). The Kier molecular flexibility index (Phi) is 5.95. The van der Waals surface area contributed by atoms with E-state index in [2.05, 4.69) is 15.6 Å². The van der Waals surface area contributed by atoms with Crippen molar-refractivity contribution in [2.24, 2.45) is 4.99 Å². The summed E-state index contributed by atoms with van der Waals surface area (Å²) in [5.74, 6) is -0.352. The van der Waals surface area contributed by atoms with Crippen LogP contribution in [0.5, 0.6) is 0 Å². The van der Waals surface area contributed by atoms with Crippen LogP contribution in [0.15, 0.2) is 59.2 Å². The lowest BCUT2D eigenvalue weighted by atomic mass is 9.91. The number of hydrogen-bond acceptors (Lipinski definition) is 4. The molecule has 2 aromatic carbocycles. The highest BCUT2D eigenvalue weighted by Crippen LogP contribution is 2.40. The monoisotopic (exact) mass is 434 g/mol. The zero-order valence-corrected chi connectivity index (χ0v) is 18.4. The molecule has 1 aliphatic heterocycles. The van der Waals surface area contributed by atoms with Crippen LogP contribution >= 0.6 is 11.3 Å². The number of rotatable bonds is 4. The summed E-state index contributed by atoms with van der Waals surface area (Å²) in [6, 6.07) is 11.7. The number of carbonyl (C=O) groups is 1. The molecule has 1 aromatic heterocycles. The molecule has 3 aromatic rings. The third-order valence-corrected chi connectivity index (χ3v) is 6.19. The number of nitrogens with one attached hydrogen (secondary N) is 2. The summed E-state index contributed by atoms with van der Waals surface area (Å²) in [5, 5.41) is 6.29. The Morgan fingerprint density at radius 1 is 1.10 bits per heavy atom. The van der Waals surface area contributed by atoms with E-state index in [-0.39, 0.29) is 11.6 Å². The van der Waals surface area contributed by atoms with Crippen molar-refractivity contribution in [1.82, 2.24) is 4.98 Å². The topological polar surface area (TPSA) is 66.4 Å². The summed E-state index contributed by atoms with van der Waals surface area (Å²) in [7, 11) is 0. The quantitative estimate of drug-likeness (QED) is 0.481. The van der Waals surface area contributed by atoms with Crippen molar-refractivity contribution in [2.45, 2.75) is 33.1 Å². The number of benzene rings is 2. The Morgan fingerprint density at radius 2 is 1.87 bits per heavy atom. The highest BCUT2D eigenvalue weighted by atomic mass is 32.1. The first-order valence-electron chi connectivity index (χ1n) is 10.0. The van der Waals surface area contributed by atoms with Crippen molar-refractivity contribution in [3.63, 3.8) is 0 Å². The lowest BCUT2D eigenvalue weighted by Gasteiger charge is -2.18. The van der Waals surface area contributed by atoms with E-state index >= 15 is 0 Å². The Bertz CT molecular complexity index is 1180. The minimum atomic E-state index is -0.497. The smallest absolute Gasteiger partial charge is 0.308 e. The molecule has 1 unspecified atom stereocenters. The second-order valence-electron chi connectivity index (χ2n) is 7.58. The molecule has 0 spiro atoms. The van der Waals surface area contributed by atoms with Crippen molar-refractivity contribution in [1.29, 1.82) is 0 Å². The van der Waals surface area contributed by atoms with Crippen molar-refractivity contribution in [3.05, 3.63) is 76.3 Å². The number of urea groups is 1. The standard InChI is InChI=1S/C24H23FN4OS/c1-14-4-7-18(8-5-14)28-24(30)29-21-12-17(6-9-20(21)25)23-22(27-16(3)31-23)19-10-11-26-13-15(19)2/h4-9,11-13,19H,10H2,1-3H3,(H2,28,29,30). The van der Waals surface area contributed by atoms with Gasteiger partial charge in [0.2, 0.25) is 0 Å². The van der Waals surface area contributed by atoms with Crippen LogP contribution in [0, 0.1) is 19.7 Å². The van der Waals surface area contributed by atoms with Crippen LogP contribution in [0.25, 0.3) is 10.4 Å². The van der Waals surface area contributed by atoms with Gasteiger partial charge in [-0.15, -0.1) is 11.3 Å². The highest BCUT2D eigenvalue weighted by molar-refractivity contribution is 7.15. The Morgan fingerprint density at radius 3 is 2.61 bits per heavy atom. The van der Waals surface area contributed by atoms with Gasteiger partial charge >= 0.3 is 6.03 Å². The average Bonchev–Trinajstić information content (AvgIpc) is 3.13. The molecule has 5 nitrogen and oxygen atoms in total. The maximum Gasteiger partial charge on any atom is 0.323 e. The lowest BCUT2D eigenvalue weighted by molar-refractivity contribution is 0.262. The number of carbonyl (C=O) groups excluding carboxylic acids is 1. The van der Waals surface area contributed by atoms with Crippen LogP contribution in [0.3, 0.4) is 0 Å². The van der Waals surface area contributed by atoms with Gasteiger partial charge in [0.05, 0.1) is 21.3 Å². The minimum absolute atomic E-state index is 0.122. The lowest BCUT2D eigenvalue weighted by Crippen LogP contribution is -2.20. The SMILES string of the molecule is CC1=CN=CCC1c1nc(C)sc1-c1ccc(F)c(NC(=O)Nc2ccc(C)cc2)c1. The number of halogens is 1. The van der Waals surface area contributed by atoms with E-state index < -0.39 is 11.8 Å². The summed E-state index contributed by atoms with van der Waals surface area (Å²) in [5.41, 5.74) is 4.78. The van der Waals surface area contributed by atoms with Crippen molar-refractivity contribution < 1.29 is 9.18 Å². The summed E-state index contributed by atoms with van der Waals surface area (Å²) in [6.07, 6.45) is 4.53. The summed E-state index contributed by atoms with van der Waals surface area (Å²) >= 11 is 1.57. The van der Waals surface area contributed by atoms with E-state index in [0.717, 1.165) is 38.7 Å². The number of thiazole rings is 1. The number of allylic oxidation sites excluding steroid dienone is 1. The first kappa shape index (κ1) is 20.9. The second-order valence-corrected chi connectivity index (χ2v) is 8.78. The van der Waals surface area contributed by atoms with Gasteiger partial charge in [0, 0.05) is 24.0 Å². The fraction of sp³-hybridized carbons (Fsp3) is 0.208. The van der Waals surface area contributed by atoms with Crippen molar-refractivity contribution in [2.75, 3.05) is 10.6 Å². The normalized spacial score (nSPS) is 15.5. The number of hydrogen-bond donors (Lipinski definition) is 2. The maximum atomic E-state index is 14.5. The fourth-order valence-corrected chi connectivity index (χ4v) is 4.49.